The zero-order valence-corrected chi connectivity index (χ0v) is 11.5. The number of hydrogen-bond donors (Lipinski definition) is 3. The maximum atomic E-state index is 12.2. The van der Waals surface area contributed by atoms with Gasteiger partial charge in [0.25, 0.3) is 0 Å². The second-order valence-corrected chi connectivity index (χ2v) is 5.31. The minimum atomic E-state index is -0.623. The predicted molar refractivity (Wildman–Crippen MR) is 77.4 cm³/mol. The summed E-state index contributed by atoms with van der Waals surface area (Å²) in [7, 11) is 0. The van der Waals surface area contributed by atoms with Crippen LogP contribution >= 0.6 is 0 Å². The molecule has 0 aromatic heterocycles. The zero-order chi connectivity index (χ0) is 14.4. The van der Waals surface area contributed by atoms with Crippen LogP contribution in [0.4, 0.5) is 0 Å². The summed E-state index contributed by atoms with van der Waals surface area (Å²) in [5, 5.41) is 14.8. The van der Waals surface area contributed by atoms with Crippen molar-refractivity contribution >= 4 is 11.7 Å². The number of benzene rings is 1. The fourth-order valence-electron chi connectivity index (χ4n) is 2.32. The third-order valence-corrected chi connectivity index (χ3v) is 3.86. The molecule has 1 fully saturated rings. The number of hydrogen-bond acceptors (Lipinski definition) is 3. The Morgan fingerprint density at radius 1 is 1.40 bits per heavy atom. The fourth-order valence-corrected chi connectivity index (χ4v) is 2.32. The second-order valence-electron chi connectivity index (χ2n) is 5.31. The summed E-state index contributed by atoms with van der Waals surface area (Å²) in [5.41, 5.74) is 6.65. The van der Waals surface area contributed by atoms with E-state index in [0.717, 1.165) is 5.56 Å². The van der Waals surface area contributed by atoms with Crippen LogP contribution in [-0.4, -0.2) is 23.5 Å². The first-order valence-corrected chi connectivity index (χ1v) is 6.99. The molecule has 1 aromatic rings. The maximum Gasteiger partial charge on any atom is 0.231 e. The van der Waals surface area contributed by atoms with Crippen LogP contribution in [0.15, 0.2) is 35.5 Å². The minimum Gasteiger partial charge on any atom is -0.409 e. The maximum absolute atomic E-state index is 12.2. The van der Waals surface area contributed by atoms with Gasteiger partial charge >= 0.3 is 0 Å². The van der Waals surface area contributed by atoms with Gasteiger partial charge in [-0.1, -0.05) is 41.9 Å². The average Bonchev–Trinajstić information content (AvgIpc) is 2.43. The Hall–Kier alpha value is -2.04. The summed E-state index contributed by atoms with van der Waals surface area (Å²) in [6.07, 6.45) is 4.03. The molecule has 4 N–H and O–H groups in total. The number of oxime groups is 1. The minimum absolute atomic E-state index is 0.0417. The van der Waals surface area contributed by atoms with Crippen molar-refractivity contribution in [3.05, 3.63) is 35.9 Å². The smallest absolute Gasteiger partial charge is 0.231 e. The van der Waals surface area contributed by atoms with Gasteiger partial charge in [-0.3, -0.25) is 4.79 Å². The van der Waals surface area contributed by atoms with E-state index in [9.17, 15) is 4.79 Å². The number of amides is 1. The molecule has 1 saturated carbocycles. The van der Waals surface area contributed by atoms with Crippen LogP contribution in [0.1, 0.15) is 24.8 Å². The van der Waals surface area contributed by atoms with E-state index in [1.54, 1.807) is 0 Å². The molecule has 1 aromatic carbocycles. The zero-order valence-electron chi connectivity index (χ0n) is 11.5. The standard InChI is InChI=1S/C15H21N3O2/c16-14(18-20)13(9-11-5-2-1-3-6-11)15(19)17-10-12-7-4-8-12/h1-3,5-6,12-13,20H,4,7-10H2,(H2,16,18)(H,17,19). The van der Waals surface area contributed by atoms with Crippen LogP contribution in [0.25, 0.3) is 0 Å². The van der Waals surface area contributed by atoms with Crippen molar-refractivity contribution in [1.29, 1.82) is 0 Å². The summed E-state index contributed by atoms with van der Waals surface area (Å²) < 4.78 is 0. The first-order chi connectivity index (χ1) is 9.70. The summed E-state index contributed by atoms with van der Waals surface area (Å²) in [6, 6.07) is 9.59. The van der Waals surface area contributed by atoms with Crippen molar-refractivity contribution in [1.82, 2.24) is 5.32 Å². The number of rotatable bonds is 6. The number of amidine groups is 1. The Morgan fingerprint density at radius 2 is 2.10 bits per heavy atom. The summed E-state index contributed by atoms with van der Waals surface area (Å²) in [6.45, 7) is 0.683. The summed E-state index contributed by atoms with van der Waals surface area (Å²) in [4.78, 5) is 12.2. The van der Waals surface area contributed by atoms with Crippen molar-refractivity contribution in [3.63, 3.8) is 0 Å². The molecule has 20 heavy (non-hydrogen) atoms. The van der Waals surface area contributed by atoms with Gasteiger partial charge in [-0.15, -0.1) is 0 Å². The predicted octanol–water partition coefficient (Wildman–Crippen LogP) is 1.51. The van der Waals surface area contributed by atoms with Crippen molar-refractivity contribution in [2.24, 2.45) is 22.7 Å². The van der Waals surface area contributed by atoms with Crippen LogP contribution < -0.4 is 11.1 Å². The lowest BCUT2D eigenvalue weighted by Crippen LogP contribution is -2.42. The first kappa shape index (κ1) is 14.4. The molecule has 1 unspecified atom stereocenters. The molecule has 0 saturated heterocycles. The molecule has 0 bridgehead atoms. The average molecular weight is 275 g/mol. The first-order valence-electron chi connectivity index (χ1n) is 6.99. The molecule has 108 valence electrons. The molecule has 1 amide bonds. The van der Waals surface area contributed by atoms with Gasteiger partial charge in [0.1, 0.15) is 5.92 Å². The lowest BCUT2D eigenvalue weighted by molar-refractivity contribution is -0.123. The Balaban J connectivity index is 1.97. The molecule has 5 nitrogen and oxygen atoms in total. The van der Waals surface area contributed by atoms with Gasteiger partial charge < -0.3 is 16.3 Å². The molecular formula is C15H21N3O2. The fraction of sp³-hybridized carbons (Fsp3) is 0.467. The molecule has 0 radical (unpaired) electrons. The molecule has 0 spiro atoms. The lowest BCUT2D eigenvalue weighted by atomic mass is 9.85. The van der Waals surface area contributed by atoms with E-state index in [1.165, 1.54) is 19.3 Å². The Bertz CT molecular complexity index is 469. The van der Waals surface area contributed by atoms with Crippen LogP contribution in [-0.2, 0) is 11.2 Å². The number of carbonyl (C=O) groups excluding carboxylic acids is 1. The van der Waals surface area contributed by atoms with E-state index >= 15 is 0 Å². The van der Waals surface area contributed by atoms with Gasteiger partial charge in [0.05, 0.1) is 0 Å². The third kappa shape index (κ3) is 3.73. The monoisotopic (exact) mass is 275 g/mol. The highest BCUT2D eigenvalue weighted by Gasteiger charge is 2.25. The molecule has 5 heteroatoms. The quantitative estimate of drug-likeness (QED) is 0.318. The normalized spacial score (nSPS) is 17.3. The van der Waals surface area contributed by atoms with Gasteiger partial charge in [0, 0.05) is 6.54 Å². The number of nitrogens with two attached hydrogens (primary N) is 1. The highest BCUT2D eigenvalue weighted by atomic mass is 16.4. The Kier molecular flexibility index (Phi) is 4.98. The molecule has 2 rings (SSSR count). The topological polar surface area (TPSA) is 87.7 Å². The number of nitrogens with zero attached hydrogens (tertiary/aromatic N) is 1. The highest BCUT2D eigenvalue weighted by molar-refractivity contribution is 6.02. The van der Waals surface area contributed by atoms with E-state index in [4.69, 9.17) is 10.9 Å². The SMILES string of the molecule is NC(=NO)C(Cc1ccccc1)C(=O)NCC1CCC1. The number of nitrogens with one attached hydrogen (secondary N) is 1. The molecule has 1 aliphatic rings. The molecule has 0 heterocycles. The van der Waals surface area contributed by atoms with Crippen molar-refractivity contribution in [2.75, 3.05) is 6.54 Å². The van der Waals surface area contributed by atoms with Gasteiger partial charge in [-0.25, -0.2) is 0 Å². The Labute approximate surface area is 118 Å². The van der Waals surface area contributed by atoms with E-state index in [2.05, 4.69) is 10.5 Å². The van der Waals surface area contributed by atoms with Crippen LogP contribution in [0.3, 0.4) is 0 Å². The summed E-state index contributed by atoms with van der Waals surface area (Å²) >= 11 is 0. The highest BCUT2D eigenvalue weighted by Crippen LogP contribution is 2.25. The second kappa shape index (κ2) is 6.93. The molecule has 1 atom stereocenters. The van der Waals surface area contributed by atoms with E-state index in [1.807, 2.05) is 30.3 Å². The summed E-state index contributed by atoms with van der Waals surface area (Å²) in [5.74, 6) is -0.248. The van der Waals surface area contributed by atoms with Gasteiger partial charge in [0.2, 0.25) is 5.91 Å². The number of carbonyl (C=O) groups is 1. The van der Waals surface area contributed by atoms with Gasteiger partial charge in [0.15, 0.2) is 5.84 Å². The van der Waals surface area contributed by atoms with E-state index < -0.39 is 5.92 Å². The Morgan fingerprint density at radius 3 is 2.65 bits per heavy atom. The van der Waals surface area contributed by atoms with Gasteiger partial charge in [-0.2, -0.15) is 0 Å². The molecular weight excluding hydrogens is 254 g/mol. The van der Waals surface area contributed by atoms with Crippen molar-refractivity contribution in [3.8, 4) is 0 Å². The van der Waals surface area contributed by atoms with Crippen LogP contribution in [0, 0.1) is 11.8 Å². The van der Waals surface area contributed by atoms with Crippen LogP contribution in [0.5, 0.6) is 0 Å². The van der Waals surface area contributed by atoms with Gasteiger partial charge in [-0.05, 0) is 30.7 Å². The third-order valence-electron chi connectivity index (χ3n) is 3.86. The molecule has 0 aliphatic heterocycles. The molecule has 1 aliphatic carbocycles. The van der Waals surface area contributed by atoms with Crippen LogP contribution in [0.2, 0.25) is 0 Å². The van der Waals surface area contributed by atoms with Crippen molar-refractivity contribution < 1.29 is 10.0 Å². The van der Waals surface area contributed by atoms with Crippen molar-refractivity contribution in [2.45, 2.75) is 25.7 Å². The van der Waals surface area contributed by atoms with E-state index in [0.29, 0.717) is 18.9 Å². The lowest BCUT2D eigenvalue weighted by Gasteiger charge is -2.26. The largest absolute Gasteiger partial charge is 0.409 e. The van der Waals surface area contributed by atoms with E-state index in [-0.39, 0.29) is 11.7 Å².